The Labute approximate surface area is 71.8 Å². The van der Waals surface area contributed by atoms with Gasteiger partial charge in [0.1, 0.15) is 0 Å². The lowest BCUT2D eigenvalue weighted by molar-refractivity contribution is -0.251. The summed E-state index contributed by atoms with van der Waals surface area (Å²) in [5.41, 5.74) is 0. The highest BCUT2D eigenvalue weighted by Gasteiger charge is 2.15. The minimum Gasteiger partial charge on any atom is -0.463 e. The van der Waals surface area contributed by atoms with Gasteiger partial charge < -0.3 is 9.84 Å². The summed E-state index contributed by atoms with van der Waals surface area (Å²) in [5.74, 6) is 0. The molecule has 0 saturated carbocycles. The molecular weight excluding hydrogens is 162 g/mol. The molecule has 5 heteroatoms. The molecule has 12 heavy (non-hydrogen) atoms. The van der Waals surface area contributed by atoms with Crippen LogP contribution >= 0.6 is 0 Å². The highest BCUT2D eigenvalue weighted by molar-refractivity contribution is 5.63. The number of rotatable bonds is 5. The molecular formula is C7H15NO4. The fourth-order valence-corrected chi connectivity index (χ4v) is 0.681. The van der Waals surface area contributed by atoms with E-state index in [0.717, 1.165) is 5.06 Å². The monoisotopic (exact) mass is 177 g/mol. The van der Waals surface area contributed by atoms with E-state index >= 15 is 0 Å². The van der Waals surface area contributed by atoms with Crippen molar-refractivity contribution in [3.8, 4) is 0 Å². The predicted octanol–water partition coefficient (Wildman–Crippen LogP) is 1.30. The number of carbonyl (C=O) groups is 1. The third kappa shape index (κ3) is 3.54. The molecule has 0 rings (SSSR count). The number of nitrogens with zero attached hydrogens (tertiary/aromatic N) is 1. The average molecular weight is 177 g/mol. The molecule has 0 aromatic rings. The smallest absolute Gasteiger partial charge is 0.431 e. The van der Waals surface area contributed by atoms with Crippen molar-refractivity contribution in [2.75, 3.05) is 13.7 Å². The number of amides is 1. The zero-order valence-corrected chi connectivity index (χ0v) is 7.61. The van der Waals surface area contributed by atoms with Gasteiger partial charge in [0.15, 0.2) is 6.29 Å². The standard InChI is InChI=1S/C7H15NO4/c1-4-6(11-3)12-8(5-2)7(9)10/h6H,4-5H2,1-3H3,(H,9,10). The Bertz CT molecular complexity index is 135. The summed E-state index contributed by atoms with van der Waals surface area (Å²) >= 11 is 0. The van der Waals surface area contributed by atoms with Crippen molar-refractivity contribution >= 4 is 6.09 Å². The first-order chi connectivity index (χ1) is 5.65. The van der Waals surface area contributed by atoms with Crippen LogP contribution in [0.1, 0.15) is 20.3 Å². The molecule has 72 valence electrons. The van der Waals surface area contributed by atoms with Crippen molar-refractivity contribution in [1.82, 2.24) is 5.06 Å². The third-order valence-electron chi connectivity index (χ3n) is 1.34. The van der Waals surface area contributed by atoms with Crippen molar-refractivity contribution in [2.45, 2.75) is 26.6 Å². The molecule has 1 amide bonds. The van der Waals surface area contributed by atoms with Gasteiger partial charge in [0.2, 0.25) is 0 Å². The van der Waals surface area contributed by atoms with Gasteiger partial charge in [0, 0.05) is 13.7 Å². The van der Waals surface area contributed by atoms with E-state index in [0.29, 0.717) is 6.42 Å². The predicted molar refractivity (Wildman–Crippen MR) is 42.6 cm³/mol. The van der Waals surface area contributed by atoms with Gasteiger partial charge in [-0.05, 0) is 13.3 Å². The molecule has 1 atom stereocenters. The van der Waals surface area contributed by atoms with Crippen molar-refractivity contribution < 1.29 is 19.5 Å². The summed E-state index contributed by atoms with van der Waals surface area (Å²) < 4.78 is 4.85. The summed E-state index contributed by atoms with van der Waals surface area (Å²) in [7, 11) is 1.48. The Hall–Kier alpha value is -0.810. The molecule has 0 aromatic heterocycles. The summed E-state index contributed by atoms with van der Waals surface area (Å²) in [6.07, 6.45) is -0.977. The van der Waals surface area contributed by atoms with Crippen LogP contribution in [0.25, 0.3) is 0 Å². The second-order valence-electron chi connectivity index (χ2n) is 2.16. The fourth-order valence-electron chi connectivity index (χ4n) is 0.681. The van der Waals surface area contributed by atoms with Crippen LogP contribution in [0.3, 0.4) is 0 Å². The van der Waals surface area contributed by atoms with E-state index in [9.17, 15) is 4.79 Å². The van der Waals surface area contributed by atoms with Crippen molar-refractivity contribution in [3.63, 3.8) is 0 Å². The van der Waals surface area contributed by atoms with E-state index in [1.807, 2.05) is 6.92 Å². The lowest BCUT2D eigenvalue weighted by atomic mass is 10.5. The van der Waals surface area contributed by atoms with Gasteiger partial charge in [-0.25, -0.2) is 9.63 Å². The van der Waals surface area contributed by atoms with Gasteiger partial charge in [-0.15, -0.1) is 0 Å². The van der Waals surface area contributed by atoms with E-state index < -0.39 is 12.4 Å². The van der Waals surface area contributed by atoms with Crippen LogP contribution < -0.4 is 0 Å². The van der Waals surface area contributed by atoms with E-state index in [1.165, 1.54) is 7.11 Å². The zero-order chi connectivity index (χ0) is 9.56. The fraction of sp³-hybridized carbons (Fsp3) is 0.857. The first-order valence-electron chi connectivity index (χ1n) is 3.85. The maximum absolute atomic E-state index is 10.4. The molecule has 0 bridgehead atoms. The van der Waals surface area contributed by atoms with Crippen molar-refractivity contribution in [1.29, 1.82) is 0 Å². The van der Waals surface area contributed by atoms with Crippen LogP contribution in [0.4, 0.5) is 4.79 Å². The number of methoxy groups -OCH3 is 1. The van der Waals surface area contributed by atoms with E-state index in [1.54, 1.807) is 6.92 Å². The Kier molecular flexibility index (Phi) is 5.40. The second kappa shape index (κ2) is 5.79. The highest BCUT2D eigenvalue weighted by Crippen LogP contribution is 2.02. The van der Waals surface area contributed by atoms with Crippen LogP contribution in [-0.4, -0.2) is 36.2 Å². The van der Waals surface area contributed by atoms with Gasteiger partial charge in [-0.1, -0.05) is 6.92 Å². The Morgan fingerprint density at radius 3 is 2.42 bits per heavy atom. The number of hydroxylamine groups is 2. The zero-order valence-electron chi connectivity index (χ0n) is 7.61. The van der Waals surface area contributed by atoms with Crippen LogP contribution in [0.5, 0.6) is 0 Å². The summed E-state index contributed by atoms with van der Waals surface area (Å²) in [6, 6.07) is 0. The molecule has 0 aromatic carbocycles. The van der Waals surface area contributed by atoms with Gasteiger partial charge in [-0.3, -0.25) is 0 Å². The average Bonchev–Trinajstić information content (AvgIpc) is 2.06. The minimum absolute atomic E-state index is 0.287. The van der Waals surface area contributed by atoms with Crippen molar-refractivity contribution in [2.24, 2.45) is 0 Å². The van der Waals surface area contributed by atoms with E-state index in [4.69, 9.17) is 14.7 Å². The van der Waals surface area contributed by atoms with Crippen LogP contribution in [0.15, 0.2) is 0 Å². The van der Waals surface area contributed by atoms with Gasteiger partial charge in [0.25, 0.3) is 0 Å². The molecule has 0 saturated heterocycles. The summed E-state index contributed by atoms with van der Waals surface area (Å²) in [4.78, 5) is 15.4. The van der Waals surface area contributed by atoms with Crippen LogP contribution in [0.2, 0.25) is 0 Å². The van der Waals surface area contributed by atoms with Crippen LogP contribution in [-0.2, 0) is 9.57 Å². The van der Waals surface area contributed by atoms with Gasteiger partial charge >= 0.3 is 6.09 Å². The van der Waals surface area contributed by atoms with Crippen molar-refractivity contribution in [3.05, 3.63) is 0 Å². The minimum atomic E-state index is -1.10. The molecule has 0 spiro atoms. The first kappa shape index (κ1) is 11.2. The number of ether oxygens (including phenoxy) is 1. The maximum atomic E-state index is 10.4. The first-order valence-corrected chi connectivity index (χ1v) is 3.85. The van der Waals surface area contributed by atoms with Gasteiger partial charge in [-0.2, -0.15) is 5.06 Å². The number of hydrogen-bond donors (Lipinski definition) is 1. The van der Waals surface area contributed by atoms with E-state index in [-0.39, 0.29) is 6.54 Å². The maximum Gasteiger partial charge on any atom is 0.431 e. The SMILES string of the molecule is CCC(OC)ON(CC)C(=O)O. The molecule has 5 nitrogen and oxygen atoms in total. The Balaban J connectivity index is 3.91. The second-order valence-corrected chi connectivity index (χ2v) is 2.16. The number of hydrogen-bond acceptors (Lipinski definition) is 3. The molecule has 1 unspecified atom stereocenters. The molecule has 0 aliphatic rings. The number of carboxylic acid groups (broad SMARTS) is 1. The summed E-state index contributed by atoms with van der Waals surface area (Å²) in [5, 5.41) is 9.40. The topological polar surface area (TPSA) is 59.0 Å². The lowest BCUT2D eigenvalue weighted by Gasteiger charge is -2.21. The third-order valence-corrected chi connectivity index (χ3v) is 1.34. The molecule has 0 aliphatic heterocycles. The molecule has 1 N–H and O–H groups in total. The van der Waals surface area contributed by atoms with Crippen LogP contribution in [0, 0.1) is 0 Å². The quantitative estimate of drug-likeness (QED) is 0.508. The normalized spacial score (nSPS) is 12.6. The molecule has 0 aliphatic carbocycles. The van der Waals surface area contributed by atoms with Gasteiger partial charge in [0.05, 0.1) is 0 Å². The molecule has 0 heterocycles. The summed E-state index contributed by atoms with van der Waals surface area (Å²) in [6.45, 7) is 3.83. The largest absolute Gasteiger partial charge is 0.463 e. The lowest BCUT2D eigenvalue weighted by Crippen LogP contribution is -2.34. The molecule has 0 fully saturated rings. The Morgan fingerprint density at radius 2 is 2.17 bits per heavy atom. The molecule has 0 radical (unpaired) electrons. The Morgan fingerprint density at radius 1 is 1.58 bits per heavy atom. The highest BCUT2D eigenvalue weighted by atomic mass is 16.8. The van der Waals surface area contributed by atoms with E-state index in [2.05, 4.69) is 0 Å².